The predicted octanol–water partition coefficient (Wildman–Crippen LogP) is 2.13. The molecule has 1 aromatic carbocycles. The van der Waals surface area contributed by atoms with E-state index in [9.17, 15) is 9.59 Å². The Balaban J connectivity index is 2.46. The van der Waals surface area contributed by atoms with Gasteiger partial charge < -0.3 is 10.6 Å². The van der Waals surface area contributed by atoms with Gasteiger partial charge in [-0.2, -0.15) is 0 Å². The van der Waals surface area contributed by atoms with Crippen molar-refractivity contribution in [1.29, 1.82) is 0 Å². The minimum absolute atomic E-state index is 0.0128. The number of carbonyl (C=O) groups excluding carboxylic acids is 2. The van der Waals surface area contributed by atoms with Crippen LogP contribution in [0.1, 0.15) is 25.8 Å². The molecule has 18 heavy (non-hydrogen) atoms. The molecule has 0 saturated carbocycles. The van der Waals surface area contributed by atoms with E-state index in [-0.39, 0.29) is 11.8 Å². The topological polar surface area (TPSA) is 58.2 Å². The second-order valence-corrected chi connectivity index (χ2v) is 4.10. The van der Waals surface area contributed by atoms with Crippen LogP contribution in [0.15, 0.2) is 41.6 Å². The van der Waals surface area contributed by atoms with Crippen LogP contribution in [0.2, 0.25) is 0 Å². The molecule has 0 saturated heterocycles. The lowest BCUT2D eigenvalue weighted by Crippen LogP contribution is -2.45. The van der Waals surface area contributed by atoms with Crippen molar-refractivity contribution in [2.45, 2.75) is 20.3 Å². The molecular formula is C14H15N2O2. The Morgan fingerprint density at radius 3 is 2.44 bits per heavy atom. The molecule has 4 nitrogen and oxygen atoms in total. The number of Topliss-reactive ketones (excluding diaryl/α,β-unsaturated/α-hetero) is 1. The van der Waals surface area contributed by atoms with Crippen molar-refractivity contribution in [2.24, 2.45) is 0 Å². The molecule has 1 aromatic rings. The number of amides is 2. The molecule has 4 heteroatoms. The molecule has 1 aliphatic heterocycles. The summed E-state index contributed by atoms with van der Waals surface area (Å²) >= 11 is 0. The number of allylic oxidation sites excluding steroid dienone is 1. The number of carbonyl (C=O) groups is 2. The number of rotatable bonds is 3. The Morgan fingerprint density at radius 1 is 1.17 bits per heavy atom. The minimum Gasteiger partial charge on any atom is -0.321 e. The van der Waals surface area contributed by atoms with Crippen molar-refractivity contribution in [2.75, 3.05) is 0 Å². The predicted molar refractivity (Wildman–Crippen MR) is 68.5 cm³/mol. The molecule has 0 spiro atoms. The van der Waals surface area contributed by atoms with Crippen LogP contribution in [-0.4, -0.2) is 11.8 Å². The van der Waals surface area contributed by atoms with Crippen LogP contribution in [0.4, 0.5) is 4.79 Å². The summed E-state index contributed by atoms with van der Waals surface area (Å²) in [7, 11) is 0. The van der Waals surface area contributed by atoms with Crippen LogP contribution in [0.5, 0.6) is 0 Å². The van der Waals surface area contributed by atoms with Gasteiger partial charge in [0.15, 0.2) is 5.78 Å². The first kappa shape index (κ1) is 12.4. The molecule has 0 aliphatic carbocycles. The molecular weight excluding hydrogens is 228 g/mol. The first-order valence-electron chi connectivity index (χ1n) is 5.88. The lowest BCUT2D eigenvalue weighted by atomic mass is 9.92. The van der Waals surface area contributed by atoms with Crippen LogP contribution in [0.3, 0.4) is 0 Å². The fourth-order valence-corrected chi connectivity index (χ4v) is 1.97. The second-order valence-electron chi connectivity index (χ2n) is 4.10. The highest BCUT2D eigenvalue weighted by molar-refractivity contribution is 6.03. The third-order valence-electron chi connectivity index (χ3n) is 2.83. The standard InChI is InChI=1S/C14H15N2O2/c1-3-11(17)12-9(2)15-14(18)16-13(12)10-7-5-4-6-8-10/h4-8H,3H2,1-2H3,(H2,15,16,18). The van der Waals surface area contributed by atoms with Crippen LogP contribution in [0, 0.1) is 6.04 Å². The van der Waals surface area contributed by atoms with Gasteiger partial charge in [-0.15, -0.1) is 0 Å². The zero-order valence-electron chi connectivity index (χ0n) is 10.4. The fourth-order valence-electron chi connectivity index (χ4n) is 1.97. The SMILES string of the molecule is CCC(=O)C1=C(C)NC(=O)N[C]1c1ccccc1. The molecule has 0 unspecified atom stereocenters. The molecule has 1 heterocycles. The fraction of sp³-hybridized carbons (Fsp3) is 0.214. The zero-order chi connectivity index (χ0) is 13.1. The van der Waals surface area contributed by atoms with E-state index in [0.717, 1.165) is 5.56 Å². The Hall–Kier alpha value is -2.10. The molecule has 0 atom stereocenters. The number of nitrogens with one attached hydrogen (secondary N) is 2. The van der Waals surface area contributed by atoms with Gasteiger partial charge in [0.25, 0.3) is 0 Å². The second kappa shape index (κ2) is 5.04. The summed E-state index contributed by atoms with van der Waals surface area (Å²) in [5.74, 6) is 0.0128. The van der Waals surface area contributed by atoms with E-state index >= 15 is 0 Å². The van der Waals surface area contributed by atoms with E-state index in [1.54, 1.807) is 6.92 Å². The first-order valence-corrected chi connectivity index (χ1v) is 5.88. The number of benzene rings is 1. The molecule has 1 aliphatic rings. The van der Waals surface area contributed by atoms with Gasteiger partial charge in [0.1, 0.15) is 6.04 Å². The van der Waals surface area contributed by atoms with Crippen molar-refractivity contribution < 1.29 is 9.59 Å². The summed E-state index contributed by atoms with van der Waals surface area (Å²) in [5.41, 5.74) is 2.00. The van der Waals surface area contributed by atoms with Gasteiger partial charge in [0.2, 0.25) is 0 Å². The van der Waals surface area contributed by atoms with Gasteiger partial charge in [-0.3, -0.25) is 4.79 Å². The molecule has 0 bridgehead atoms. The van der Waals surface area contributed by atoms with E-state index in [1.165, 1.54) is 0 Å². The Kier molecular flexibility index (Phi) is 3.46. The Labute approximate surface area is 106 Å². The highest BCUT2D eigenvalue weighted by Crippen LogP contribution is 2.26. The van der Waals surface area contributed by atoms with Crippen molar-refractivity contribution in [1.82, 2.24) is 10.6 Å². The third-order valence-corrected chi connectivity index (χ3v) is 2.83. The lowest BCUT2D eigenvalue weighted by molar-refractivity contribution is -0.115. The van der Waals surface area contributed by atoms with Crippen LogP contribution in [-0.2, 0) is 4.79 Å². The molecule has 1 radical (unpaired) electrons. The maximum absolute atomic E-state index is 12.0. The molecule has 2 rings (SSSR count). The summed E-state index contributed by atoms with van der Waals surface area (Å²) in [6.07, 6.45) is 0.403. The zero-order valence-corrected chi connectivity index (χ0v) is 10.4. The smallest absolute Gasteiger partial charge is 0.320 e. The summed E-state index contributed by atoms with van der Waals surface area (Å²) in [6.45, 7) is 3.55. The van der Waals surface area contributed by atoms with Crippen molar-refractivity contribution in [3.63, 3.8) is 0 Å². The van der Waals surface area contributed by atoms with Gasteiger partial charge in [-0.25, -0.2) is 4.79 Å². The summed E-state index contributed by atoms with van der Waals surface area (Å²) < 4.78 is 0. The normalized spacial score (nSPS) is 16.2. The summed E-state index contributed by atoms with van der Waals surface area (Å²) in [5, 5.41) is 5.35. The molecule has 93 valence electrons. The molecule has 2 amide bonds. The molecule has 0 aromatic heterocycles. The number of ketones is 1. The first-order chi connectivity index (χ1) is 8.63. The van der Waals surface area contributed by atoms with Crippen molar-refractivity contribution >= 4 is 11.8 Å². The van der Waals surface area contributed by atoms with Crippen LogP contribution >= 0.6 is 0 Å². The average molecular weight is 243 g/mol. The number of urea groups is 1. The Morgan fingerprint density at radius 2 is 1.83 bits per heavy atom. The molecule has 0 fully saturated rings. The average Bonchev–Trinajstić information content (AvgIpc) is 2.38. The van der Waals surface area contributed by atoms with Crippen LogP contribution < -0.4 is 10.6 Å². The van der Waals surface area contributed by atoms with Gasteiger partial charge in [-0.05, 0) is 12.5 Å². The summed E-state index contributed by atoms with van der Waals surface area (Å²) in [6, 6.07) is 9.67. The highest BCUT2D eigenvalue weighted by atomic mass is 16.2. The monoisotopic (exact) mass is 243 g/mol. The van der Waals surface area contributed by atoms with Crippen molar-refractivity contribution in [3.8, 4) is 0 Å². The minimum atomic E-state index is -0.306. The van der Waals surface area contributed by atoms with Gasteiger partial charge in [0.05, 0.1) is 0 Å². The quantitative estimate of drug-likeness (QED) is 0.854. The lowest BCUT2D eigenvalue weighted by Gasteiger charge is -2.27. The Bertz CT molecular complexity index is 506. The van der Waals surface area contributed by atoms with E-state index in [1.807, 2.05) is 37.3 Å². The van der Waals surface area contributed by atoms with E-state index in [2.05, 4.69) is 10.6 Å². The summed E-state index contributed by atoms with van der Waals surface area (Å²) in [4.78, 5) is 23.5. The van der Waals surface area contributed by atoms with E-state index < -0.39 is 0 Å². The highest BCUT2D eigenvalue weighted by Gasteiger charge is 2.30. The van der Waals surface area contributed by atoms with E-state index in [4.69, 9.17) is 0 Å². The van der Waals surface area contributed by atoms with Crippen LogP contribution in [0.25, 0.3) is 0 Å². The van der Waals surface area contributed by atoms with Gasteiger partial charge in [0, 0.05) is 17.7 Å². The van der Waals surface area contributed by atoms with E-state index in [0.29, 0.717) is 23.7 Å². The molecule has 2 N–H and O–H groups in total. The van der Waals surface area contributed by atoms with Gasteiger partial charge >= 0.3 is 6.03 Å². The van der Waals surface area contributed by atoms with Crippen molar-refractivity contribution in [3.05, 3.63) is 53.2 Å². The largest absolute Gasteiger partial charge is 0.321 e. The maximum atomic E-state index is 12.0. The number of hydrogen-bond acceptors (Lipinski definition) is 2. The maximum Gasteiger partial charge on any atom is 0.320 e. The number of hydrogen-bond donors (Lipinski definition) is 2. The van der Waals surface area contributed by atoms with Gasteiger partial charge in [-0.1, -0.05) is 37.3 Å². The third kappa shape index (κ3) is 2.27.